The Kier molecular flexibility index (Phi) is 8.49. The van der Waals surface area contributed by atoms with Crippen LogP contribution in [-0.4, -0.2) is 44.7 Å². The Morgan fingerprint density at radius 3 is 2.25 bits per heavy atom. The Bertz CT molecular complexity index is 545. The molecule has 24 heavy (non-hydrogen) atoms. The Morgan fingerprint density at radius 2 is 1.67 bits per heavy atom. The van der Waals surface area contributed by atoms with Gasteiger partial charge in [0.1, 0.15) is 12.6 Å². The average molecular weight is 337 g/mol. The van der Waals surface area contributed by atoms with Gasteiger partial charge >= 0.3 is 11.9 Å². The van der Waals surface area contributed by atoms with Crippen LogP contribution in [0.15, 0.2) is 30.3 Å². The summed E-state index contributed by atoms with van der Waals surface area (Å²) in [7, 11) is 2.48. The maximum Gasteiger partial charge on any atom is 0.328 e. The molecule has 1 aromatic rings. The summed E-state index contributed by atoms with van der Waals surface area (Å²) in [5.74, 6) is -2.09. The third kappa shape index (κ3) is 6.78. The summed E-state index contributed by atoms with van der Waals surface area (Å²) >= 11 is 0. The maximum absolute atomic E-state index is 11.9. The highest BCUT2D eigenvalue weighted by atomic mass is 16.5. The normalized spacial score (nSPS) is 12.8. The summed E-state index contributed by atoms with van der Waals surface area (Å²) in [6, 6.07) is 8.47. The maximum atomic E-state index is 11.9. The van der Waals surface area contributed by atoms with E-state index in [0.717, 1.165) is 5.56 Å². The molecule has 1 amide bonds. The van der Waals surface area contributed by atoms with Gasteiger partial charge in [-0.2, -0.15) is 0 Å². The summed E-state index contributed by atoms with van der Waals surface area (Å²) in [5.41, 5.74) is 0.939. The molecule has 2 atom stereocenters. The Labute approximate surface area is 141 Å². The number of benzene rings is 1. The minimum Gasteiger partial charge on any atom is -0.469 e. The molecule has 0 heterocycles. The Balaban J connectivity index is 2.48. The van der Waals surface area contributed by atoms with Gasteiger partial charge in [0.2, 0.25) is 5.91 Å². The third-order valence-corrected chi connectivity index (χ3v) is 3.36. The van der Waals surface area contributed by atoms with Gasteiger partial charge in [-0.3, -0.25) is 9.59 Å². The van der Waals surface area contributed by atoms with E-state index in [4.69, 9.17) is 4.74 Å². The molecule has 7 nitrogen and oxygen atoms in total. The molecule has 0 saturated carbocycles. The van der Waals surface area contributed by atoms with Crippen molar-refractivity contribution in [2.45, 2.75) is 26.0 Å². The highest BCUT2D eigenvalue weighted by molar-refractivity contribution is 5.85. The van der Waals surface area contributed by atoms with E-state index in [1.807, 2.05) is 30.3 Å². The minimum atomic E-state index is -0.933. The van der Waals surface area contributed by atoms with E-state index in [9.17, 15) is 14.4 Å². The van der Waals surface area contributed by atoms with Crippen molar-refractivity contribution in [2.24, 2.45) is 5.92 Å². The van der Waals surface area contributed by atoms with Gasteiger partial charge in [0, 0.05) is 0 Å². The Morgan fingerprint density at radius 1 is 1.04 bits per heavy atom. The van der Waals surface area contributed by atoms with Gasteiger partial charge in [0.25, 0.3) is 0 Å². The zero-order chi connectivity index (χ0) is 17.9. The summed E-state index contributed by atoms with van der Waals surface area (Å²) in [6.45, 7) is 1.70. The van der Waals surface area contributed by atoms with Crippen LogP contribution in [0.4, 0.5) is 0 Å². The van der Waals surface area contributed by atoms with Crippen LogP contribution in [0.1, 0.15) is 18.9 Å². The first-order valence-corrected chi connectivity index (χ1v) is 7.54. The highest BCUT2D eigenvalue weighted by Gasteiger charge is 2.27. The third-order valence-electron chi connectivity index (χ3n) is 3.36. The molecule has 1 aromatic carbocycles. The molecule has 0 spiro atoms. The van der Waals surface area contributed by atoms with Crippen molar-refractivity contribution in [1.82, 2.24) is 5.32 Å². The Hall–Kier alpha value is -2.41. The number of ether oxygens (including phenoxy) is 3. The van der Waals surface area contributed by atoms with Crippen LogP contribution in [0.5, 0.6) is 0 Å². The van der Waals surface area contributed by atoms with Crippen LogP contribution in [0.25, 0.3) is 0 Å². The van der Waals surface area contributed by atoms with Crippen molar-refractivity contribution in [3.05, 3.63) is 35.9 Å². The van der Waals surface area contributed by atoms with Crippen LogP contribution in [0.3, 0.4) is 0 Å². The smallest absolute Gasteiger partial charge is 0.328 e. The van der Waals surface area contributed by atoms with Crippen molar-refractivity contribution in [3.8, 4) is 0 Å². The molecule has 0 aliphatic carbocycles. The predicted octanol–water partition coefficient (Wildman–Crippen LogP) is 1.06. The number of nitrogens with one attached hydrogen (secondary N) is 1. The van der Waals surface area contributed by atoms with E-state index in [1.54, 1.807) is 6.92 Å². The number of carbonyl (C=O) groups is 3. The molecule has 1 N–H and O–H groups in total. The van der Waals surface area contributed by atoms with Crippen molar-refractivity contribution < 1.29 is 28.6 Å². The van der Waals surface area contributed by atoms with Crippen LogP contribution < -0.4 is 5.32 Å². The van der Waals surface area contributed by atoms with Crippen LogP contribution in [0, 0.1) is 5.92 Å². The molecule has 132 valence electrons. The molecule has 0 aromatic heterocycles. The largest absolute Gasteiger partial charge is 0.469 e. The highest BCUT2D eigenvalue weighted by Crippen LogP contribution is 2.09. The lowest BCUT2D eigenvalue weighted by Crippen LogP contribution is -2.44. The van der Waals surface area contributed by atoms with Crippen LogP contribution >= 0.6 is 0 Å². The summed E-state index contributed by atoms with van der Waals surface area (Å²) in [6.07, 6.45) is 0.0871. The van der Waals surface area contributed by atoms with Crippen LogP contribution in [0.2, 0.25) is 0 Å². The lowest BCUT2D eigenvalue weighted by atomic mass is 10.0. The molecule has 0 fully saturated rings. The average Bonchev–Trinajstić information content (AvgIpc) is 2.60. The van der Waals surface area contributed by atoms with E-state index >= 15 is 0 Å². The fraction of sp³-hybridized carbons (Fsp3) is 0.471. The number of hydrogen-bond donors (Lipinski definition) is 1. The standard InChI is InChI=1S/C17H23NO6/c1-12(16(20)22-2)9-14(17(21)23-3)18-15(19)11-24-10-13-7-5-4-6-8-13/h4-8,12,14H,9-11H2,1-3H3,(H,18,19)/t12-,14+/m0/s1. The fourth-order valence-electron chi connectivity index (χ4n) is 2.08. The van der Waals surface area contributed by atoms with Gasteiger partial charge in [-0.25, -0.2) is 4.79 Å². The minimum absolute atomic E-state index is 0.0871. The van der Waals surface area contributed by atoms with E-state index < -0.39 is 29.8 Å². The SMILES string of the molecule is COC(=O)[C@@H](C)C[C@@H](NC(=O)COCc1ccccc1)C(=O)OC. The second-order valence-electron chi connectivity index (χ2n) is 5.28. The first kappa shape index (κ1) is 19.6. The zero-order valence-electron chi connectivity index (χ0n) is 14.1. The summed E-state index contributed by atoms with van der Waals surface area (Å²) in [5, 5.41) is 2.52. The number of amides is 1. The number of hydrogen-bond acceptors (Lipinski definition) is 6. The van der Waals surface area contributed by atoms with Gasteiger partial charge in [0.15, 0.2) is 0 Å². The molecule has 0 aliphatic rings. The lowest BCUT2D eigenvalue weighted by Gasteiger charge is -2.19. The van der Waals surface area contributed by atoms with E-state index in [0.29, 0.717) is 0 Å². The quantitative estimate of drug-likeness (QED) is 0.678. The van der Waals surface area contributed by atoms with Gasteiger partial charge in [-0.05, 0) is 12.0 Å². The molecule has 0 radical (unpaired) electrons. The first-order valence-electron chi connectivity index (χ1n) is 7.54. The zero-order valence-corrected chi connectivity index (χ0v) is 14.1. The van der Waals surface area contributed by atoms with Crippen molar-refractivity contribution in [2.75, 3.05) is 20.8 Å². The van der Waals surface area contributed by atoms with Crippen molar-refractivity contribution in [3.63, 3.8) is 0 Å². The van der Waals surface area contributed by atoms with E-state index in [1.165, 1.54) is 14.2 Å². The second kappa shape index (κ2) is 10.4. The second-order valence-corrected chi connectivity index (χ2v) is 5.28. The molecule has 0 unspecified atom stereocenters. The van der Waals surface area contributed by atoms with Crippen LogP contribution in [-0.2, 0) is 35.2 Å². The summed E-state index contributed by atoms with van der Waals surface area (Å²) in [4.78, 5) is 35.1. The van der Waals surface area contributed by atoms with Gasteiger partial charge in [0.05, 0.1) is 26.7 Å². The number of methoxy groups -OCH3 is 2. The number of esters is 2. The van der Waals surface area contributed by atoms with Crippen molar-refractivity contribution in [1.29, 1.82) is 0 Å². The number of rotatable bonds is 9. The van der Waals surface area contributed by atoms with Gasteiger partial charge < -0.3 is 19.5 Å². The topological polar surface area (TPSA) is 90.9 Å². The van der Waals surface area contributed by atoms with Crippen molar-refractivity contribution >= 4 is 17.8 Å². The van der Waals surface area contributed by atoms with Gasteiger partial charge in [-0.1, -0.05) is 37.3 Å². The number of carbonyl (C=O) groups excluding carboxylic acids is 3. The monoisotopic (exact) mass is 337 g/mol. The first-order chi connectivity index (χ1) is 11.5. The molecular formula is C17H23NO6. The molecular weight excluding hydrogens is 314 g/mol. The molecule has 7 heteroatoms. The van der Waals surface area contributed by atoms with E-state index in [-0.39, 0.29) is 19.6 Å². The van der Waals surface area contributed by atoms with Gasteiger partial charge in [-0.15, -0.1) is 0 Å². The molecule has 1 rings (SSSR count). The molecule has 0 aliphatic heterocycles. The molecule has 0 saturated heterocycles. The van der Waals surface area contributed by atoms with E-state index in [2.05, 4.69) is 14.8 Å². The lowest BCUT2D eigenvalue weighted by molar-refractivity contribution is -0.149. The molecule has 0 bridgehead atoms. The fourth-order valence-corrected chi connectivity index (χ4v) is 2.08. The summed E-state index contributed by atoms with van der Waals surface area (Å²) < 4.78 is 14.6. The predicted molar refractivity (Wildman–Crippen MR) is 85.8 cm³/mol.